The van der Waals surface area contributed by atoms with E-state index in [1.165, 1.54) is 51.1 Å². The molecule has 0 amide bonds. The summed E-state index contributed by atoms with van der Waals surface area (Å²) in [6.07, 6.45) is 0. The van der Waals surface area contributed by atoms with Crippen LogP contribution in [0.25, 0.3) is 51.1 Å². The molecule has 3 aromatic carbocycles. The number of fused-ring (bicyclic) bond motifs is 5. The Hall–Kier alpha value is -2.46. The molecule has 3 heterocycles. The monoisotopic (exact) mass is 398 g/mol. The van der Waals surface area contributed by atoms with Crippen molar-refractivity contribution in [3.05, 3.63) is 84.2 Å². The van der Waals surface area contributed by atoms with Gasteiger partial charge in [0.2, 0.25) is 0 Å². The topological polar surface area (TPSA) is 0 Å². The van der Waals surface area contributed by atoms with Crippen molar-refractivity contribution in [2.24, 2.45) is 0 Å². The standard InChI is InChI=1S/C24H14S3/c1-2-5-15(6-3-1)16-8-10-18-21(13-16)26-24-19-11-9-17(20-7-4-12-25-20)14-22(19)27-23(18)24/h1-14H. The van der Waals surface area contributed by atoms with Crippen LogP contribution in [0.1, 0.15) is 0 Å². The quantitative estimate of drug-likeness (QED) is 0.274. The van der Waals surface area contributed by atoms with E-state index in [-0.39, 0.29) is 0 Å². The van der Waals surface area contributed by atoms with Crippen LogP contribution < -0.4 is 0 Å². The molecule has 0 saturated carbocycles. The number of rotatable bonds is 2. The molecule has 0 saturated heterocycles. The average Bonchev–Trinajstić information content (AvgIpc) is 3.43. The summed E-state index contributed by atoms with van der Waals surface area (Å²) in [7, 11) is 0. The predicted octanol–water partition coefficient (Wildman–Crippen LogP) is 8.66. The Balaban J connectivity index is 1.55. The van der Waals surface area contributed by atoms with Crippen LogP contribution in [-0.4, -0.2) is 0 Å². The lowest BCUT2D eigenvalue weighted by Gasteiger charge is -2.01. The van der Waals surface area contributed by atoms with Crippen LogP contribution in [0, 0.1) is 0 Å². The van der Waals surface area contributed by atoms with Crippen LogP contribution in [0.4, 0.5) is 0 Å². The highest BCUT2D eigenvalue weighted by Gasteiger charge is 2.13. The first kappa shape index (κ1) is 15.6. The minimum absolute atomic E-state index is 1.28. The summed E-state index contributed by atoms with van der Waals surface area (Å²) in [5.74, 6) is 0. The van der Waals surface area contributed by atoms with E-state index < -0.39 is 0 Å². The molecule has 0 unspecified atom stereocenters. The van der Waals surface area contributed by atoms with Gasteiger partial charge in [0, 0.05) is 25.0 Å². The molecule has 27 heavy (non-hydrogen) atoms. The molecule has 0 bridgehead atoms. The molecule has 128 valence electrons. The molecule has 6 aromatic rings. The highest BCUT2D eigenvalue weighted by molar-refractivity contribution is 7.36. The lowest BCUT2D eigenvalue weighted by molar-refractivity contribution is 1.66. The van der Waals surface area contributed by atoms with E-state index in [1.54, 1.807) is 11.3 Å². The molecular weight excluding hydrogens is 384 g/mol. The van der Waals surface area contributed by atoms with Crippen LogP contribution in [0.2, 0.25) is 0 Å². The fourth-order valence-electron chi connectivity index (χ4n) is 3.66. The van der Waals surface area contributed by atoms with Gasteiger partial charge in [0.25, 0.3) is 0 Å². The van der Waals surface area contributed by atoms with Gasteiger partial charge in [-0.15, -0.1) is 34.0 Å². The number of hydrogen-bond acceptors (Lipinski definition) is 3. The molecule has 3 aromatic heterocycles. The van der Waals surface area contributed by atoms with Crippen molar-refractivity contribution < 1.29 is 0 Å². The summed E-state index contributed by atoms with van der Waals surface area (Å²) in [5, 5.41) is 4.91. The summed E-state index contributed by atoms with van der Waals surface area (Å²) in [6, 6.07) is 28.8. The van der Waals surface area contributed by atoms with E-state index in [4.69, 9.17) is 0 Å². The van der Waals surface area contributed by atoms with Gasteiger partial charge in [-0.05, 0) is 40.3 Å². The Morgan fingerprint density at radius 2 is 1.19 bits per heavy atom. The average molecular weight is 399 g/mol. The number of thiophene rings is 3. The molecule has 3 heteroatoms. The Morgan fingerprint density at radius 1 is 0.519 bits per heavy atom. The fraction of sp³-hybridized carbons (Fsp3) is 0. The summed E-state index contributed by atoms with van der Waals surface area (Å²) in [4.78, 5) is 1.34. The summed E-state index contributed by atoms with van der Waals surface area (Å²) < 4.78 is 5.61. The molecule has 0 atom stereocenters. The second kappa shape index (κ2) is 6.03. The van der Waals surface area contributed by atoms with E-state index in [1.807, 2.05) is 22.7 Å². The minimum Gasteiger partial charge on any atom is -0.144 e. The van der Waals surface area contributed by atoms with Crippen molar-refractivity contribution in [2.45, 2.75) is 0 Å². The van der Waals surface area contributed by atoms with E-state index >= 15 is 0 Å². The lowest BCUT2D eigenvalue weighted by atomic mass is 10.0. The van der Waals surface area contributed by atoms with Crippen molar-refractivity contribution in [1.29, 1.82) is 0 Å². The minimum atomic E-state index is 1.28. The van der Waals surface area contributed by atoms with Crippen LogP contribution >= 0.6 is 34.0 Å². The highest BCUT2D eigenvalue weighted by atomic mass is 32.1. The van der Waals surface area contributed by atoms with E-state index in [2.05, 4.69) is 84.2 Å². The summed E-state index contributed by atoms with van der Waals surface area (Å²) in [6.45, 7) is 0. The molecule has 0 aliphatic heterocycles. The first-order chi connectivity index (χ1) is 13.4. The second-order valence-electron chi connectivity index (χ2n) is 6.63. The van der Waals surface area contributed by atoms with Gasteiger partial charge < -0.3 is 0 Å². The molecule has 0 fully saturated rings. The van der Waals surface area contributed by atoms with Crippen molar-refractivity contribution in [3.63, 3.8) is 0 Å². The summed E-state index contributed by atoms with van der Waals surface area (Å²) >= 11 is 5.65. The van der Waals surface area contributed by atoms with Gasteiger partial charge in [-0.3, -0.25) is 0 Å². The Kier molecular flexibility index (Phi) is 3.48. The molecule has 0 aliphatic rings. The van der Waals surface area contributed by atoms with Crippen LogP contribution in [0.15, 0.2) is 84.2 Å². The number of hydrogen-bond donors (Lipinski definition) is 0. The van der Waals surface area contributed by atoms with Crippen molar-refractivity contribution in [1.82, 2.24) is 0 Å². The molecule has 6 rings (SSSR count). The van der Waals surface area contributed by atoms with Crippen LogP contribution in [-0.2, 0) is 0 Å². The van der Waals surface area contributed by atoms with Gasteiger partial charge in [-0.25, -0.2) is 0 Å². The predicted molar refractivity (Wildman–Crippen MR) is 123 cm³/mol. The van der Waals surface area contributed by atoms with Crippen LogP contribution in [0.3, 0.4) is 0 Å². The zero-order chi connectivity index (χ0) is 17.8. The third-order valence-electron chi connectivity index (χ3n) is 5.00. The zero-order valence-electron chi connectivity index (χ0n) is 14.3. The van der Waals surface area contributed by atoms with E-state index in [9.17, 15) is 0 Å². The first-order valence-corrected chi connectivity index (χ1v) is 11.4. The normalized spacial score (nSPS) is 11.7. The van der Waals surface area contributed by atoms with Gasteiger partial charge in [-0.1, -0.05) is 60.7 Å². The van der Waals surface area contributed by atoms with Gasteiger partial charge in [0.05, 0.1) is 9.40 Å². The highest BCUT2D eigenvalue weighted by Crippen LogP contribution is 2.46. The third kappa shape index (κ3) is 2.47. The maximum atomic E-state index is 2.35. The molecule has 0 nitrogen and oxygen atoms in total. The number of benzene rings is 3. The Bertz CT molecular complexity index is 1400. The van der Waals surface area contributed by atoms with Gasteiger partial charge in [0.1, 0.15) is 0 Å². The molecular formula is C24H14S3. The van der Waals surface area contributed by atoms with Gasteiger partial charge >= 0.3 is 0 Å². The second-order valence-corrected chi connectivity index (χ2v) is 9.68. The molecule has 0 radical (unpaired) electrons. The zero-order valence-corrected chi connectivity index (χ0v) is 16.8. The van der Waals surface area contributed by atoms with Gasteiger partial charge in [0.15, 0.2) is 0 Å². The Morgan fingerprint density at radius 3 is 1.85 bits per heavy atom. The van der Waals surface area contributed by atoms with E-state index in [0.717, 1.165) is 0 Å². The molecule has 0 spiro atoms. The third-order valence-corrected chi connectivity index (χ3v) is 8.42. The first-order valence-electron chi connectivity index (χ1n) is 8.85. The van der Waals surface area contributed by atoms with E-state index in [0.29, 0.717) is 0 Å². The van der Waals surface area contributed by atoms with Crippen molar-refractivity contribution in [2.75, 3.05) is 0 Å². The SMILES string of the molecule is c1ccc(-c2ccc3c(c2)sc2c4ccc(-c5cccs5)cc4sc32)cc1. The van der Waals surface area contributed by atoms with Crippen molar-refractivity contribution in [3.8, 4) is 21.6 Å². The van der Waals surface area contributed by atoms with Crippen LogP contribution in [0.5, 0.6) is 0 Å². The Labute approximate surface area is 169 Å². The fourth-order valence-corrected chi connectivity index (χ4v) is 7.12. The lowest BCUT2D eigenvalue weighted by Crippen LogP contribution is -1.75. The largest absolute Gasteiger partial charge is 0.144 e. The molecule has 0 aliphatic carbocycles. The molecule has 0 N–H and O–H groups in total. The maximum absolute atomic E-state index is 2.35. The summed E-state index contributed by atoms with van der Waals surface area (Å²) in [5.41, 5.74) is 3.89. The smallest absolute Gasteiger partial charge is 0.0542 e. The maximum Gasteiger partial charge on any atom is 0.0542 e. The van der Waals surface area contributed by atoms with Crippen molar-refractivity contribution >= 4 is 63.6 Å². The van der Waals surface area contributed by atoms with Gasteiger partial charge in [-0.2, -0.15) is 0 Å².